The third-order valence-electron chi connectivity index (χ3n) is 6.62. The molecule has 0 spiro atoms. The predicted molar refractivity (Wildman–Crippen MR) is 152 cm³/mol. The molecule has 1 aliphatic heterocycles. The van der Waals surface area contributed by atoms with E-state index < -0.39 is 62.9 Å². The molecule has 2 aromatic carbocycles. The number of amides is 1. The lowest BCUT2D eigenvalue weighted by atomic mass is 10.1. The second-order valence-electron chi connectivity index (χ2n) is 10.4. The minimum absolute atomic E-state index is 0. The number of benzene rings is 2. The molecular formula is C26H32F4N4O8S2. The average Bonchev–Trinajstić information content (AvgIpc) is 3.26. The molecule has 18 heteroatoms. The highest BCUT2D eigenvalue weighted by atomic mass is 32.2. The number of hydrogen-bond acceptors (Lipinski definition) is 9. The zero-order valence-electron chi connectivity index (χ0n) is 23.9. The summed E-state index contributed by atoms with van der Waals surface area (Å²) in [7, 11) is -8.61. The van der Waals surface area contributed by atoms with Crippen molar-refractivity contribution in [1.82, 2.24) is 9.88 Å². The van der Waals surface area contributed by atoms with E-state index in [9.17, 15) is 39.2 Å². The van der Waals surface area contributed by atoms with Crippen LogP contribution in [-0.2, 0) is 24.8 Å². The van der Waals surface area contributed by atoms with Crippen LogP contribution in [0.2, 0.25) is 0 Å². The normalized spacial score (nSPS) is 15.8. The summed E-state index contributed by atoms with van der Waals surface area (Å²) in [6.45, 7) is 4.67. The fraction of sp³-hybridized carbons (Fsp3) is 0.385. The SMILES string of the molecule is Cc1cc(S(=O)(=O)N2C[C@H](CNS(=O)(=O)c3c(C)noc3C)Oc3ccc(NC(=O)OC(C)(C)C(F)(F)F)cc32)ccc1F.[HH].[HH]. The van der Waals surface area contributed by atoms with Gasteiger partial charge < -0.3 is 14.0 Å². The molecule has 0 saturated heterocycles. The highest BCUT2D eigenvalue weighted by molar-refractivity contribution is 7.92. The van der Waals surface area contributed by atoms with Crippen LogP contribution >= 0.6 is 0 Å². The number of aromatic nitrogens is 1. The summed E-state index contributed by atoms with van der Waals surface area (Å²) in [4.78, 5) is 11.8. The molecule has 2 N–H and O–H groups in total. The number of sulfonamides is 2. The van der Waals surface area contributed by atoms with Crippen LogP contribution in [0.1, 0.15) is 33.7 Å². The maximum absolute atomic E-state index is 14.0. The molecule has 1 amide bonds. The van der Waals surface area contributed by atoms with E-state index in [1.165, 1.54) is 32.9 Å². The number of fused-ring (bicyclic) bond motifs is 1. The fourth-order valence-corrected chi connectivity index (χ4v) is 7.17. The van der Waals surface area contributed by atoms with Crippen molar-refractivity contribution < 1.29 is 56.0 Å². The molecule has 44 heavy (non-hydrogen) atoms. The number of halogens is 4. The summed E-state index contributed by atoms with van der Waals surface area (Å²) in [5, 5.41) is 5.76. The van der Waals surface area contributed by atoms with Gasteiger partial charge in [0.25, 0.3) is 10.0 Å². The summed E-state index contributed by atoms with van der Waals surface area (Å²) < 4.78 is 126. The summed E-state index contributed by atoms with van der Waals surface area (Å²) in [5.74, 6) is -0.669. The van der Waals surface area contributed by atoms with Crippen LogP contribution < -0.4 is 19.1 Å². The first-order valence-corrected chi connectivity index (χ1v) is 15.7. The highest BCUT2D eigenvalue weighted by Crippen LogP contribution is 2.40. The van der Waals surface area contributed by atoms with Crippen LogP contribution in [0.5, 0.6) is 5.75 Å². The molecule has 244 valence electrons. The Hall–Kier alpha value is -3.90. The molecule has 1 aliphatic rings. The second-order valence-corrected chi connectivity index (χ2v) is 14.0. The number of anilines is 2. The van der Waals surface area contributed by atoms with E-state index in [-0.39, 0.29) is 46.8 Å². The van der Waals surface area contributed by atoms with Gasteiger partial charge >= 0.3 is 12.3 Å². The van der Waals surface area contributed by atoms with Crippen molar-refractivity contribution in [2.45, 2.75) is 62.3 Å². The largest absolute Gasteiger partial charge is 0.485 e. The molecule has 0 aliphatic carbocycles. The van der Waals surface area contributed by atoms with Gasteiger partial charge in [0.2, 0.25) is 15.6 Å². The van der Waals surface area contributed by atoms with Crippen LogP contribution in [-0.4, -0.2) is 59.1 Å². The lowest BCUT2D eigenvalue weighted by Gasteiger charge is -2.36. The number of nitrogens with one attached hydrogen (secondary N) is 2. The first-order chi connectivity index (χ1) is 20.2. The van der Waals surface area contributed by atoms with Gasteiger partial charge in [-0.25, -0.2) is 30.7 Å². The monoisotopic (exact) mass is 668 g/mol. The Morgan fingerprint density at radius 2 is 1.80 bits per heavy atom. The molecule has 1 atom stereocenters. The Kier molecular flexibility index (Phi) is 8.66. The van der Waals surface area contributed by atoms with Gasteiger partial charge in [-0.15, -0.1) is 0 Å². The Morgan fingerprint density at radius 1 is 1.11 bits per heavy atom. The Balaban J connectivity index is 0.00000368. The Bertz CT molecular complexity index is 1800. The molecular weight excluding hydrogens is 636 g/mol. The topological polar surface area (TPSA) is 157 Å². The molecule has 0 saturated carbocycles. The van der Waals surface area contributed by atoms with Crippen molar-refractivity contribution in [3.63, 3.8) is 0 Å². The van der Waals surface area contributed by atoms with E-state index >= 15 is 0 Å². The van der Waals surface area contributed by atoms with Gasteiger partial charge in [-0.3, -0.25) is 9.62 Å². The molecule has 4 rings (SSSR count). The van der Waals surface area contributed by atoms with Gasteiger partial charge in [-0.2, -0.15) is 13.2 Å². The van der Waals surface area contributed by atoms with Crippen LogP contribution in [0.3, 0.4) is 0 Å². The molecule has 12 nitrogen and oxygen atoms in total. The number of hydrogen-bond donors (Lipinski definition) is 2. The van der Waals surface area contributed by atoms with Crippen molar-refractivity contribution in [1.29, 1.82) is 0 Å². The number of carbonyl (C=O) groups is 1. The molecule has 1 aromatic heterocycles. The molecule has 0 radical (unpaired) electrons. The predicted octanol–water partition coefficient (Wildman–Crippen LogP) is 5.06. The summed E-state index contributed by atoms with van der Waals surface area (Å²) in [5.41, 5.74) is -2.95. The van der Waals surface area contributed by atoms with Crippen molar-refractivity contribution in [2.24, 2.45) is 0 Å². The molecule has 0 unspecified atom stereocenters. The maximum atomic E-state index is 14.0. The standard InChI is InChI=1S/C26H28F4N4O8S2.2H2/c1-14-10-19(7-8-20(14)27)44(38,39)34-13-18(12-31-43(36,37)23-15(2)33-42-16(23)3)40-22-9-6-17(11-21(22)34)32-24(35)41-25(4,5)26(28,29)30;;/h6-11,18,31H,12-13H2,1-5H3,(H,32,35);2*1H/t18-;;/m0../s1. The minimum atomic E-state index is -4.87. The van der Waals surface area contributed by atoms with Gasteiger partial charge in [-0.1, -0.05) is 5.16 Å². The zero-order chi connectivity index (χ0) is 32.8. The van der Waals surface area contributed by atoms with E-state index in [1.54, 1.807) is 0 Å². The van der Waals surface area contributed by atoms with Crippen LogP contribution in [0.15, 0.2) is 50.7 Å². The quantitative estimate of drug-likeness (QED) is 0.313. The Morgan fingerprint density at radius 3 is 2.39 bits per heavy atom. The van der Waals surface area contributed by atoms with Crippen LogP contribution in [0.4, 0.5) is 33.7 Å². The maximum Gasteiger partial charge on any atom is 0.427 e. The highest BCUT2D eigenvalue weighted by Gasteiger charge is 2.51. The van der Waals surface area contributed by atoms with Crippen molar-refractivity contribution in [3.05, 3.63) is 59.2 Å². The summed E-state index contributed by atoms with van der Waals surface area (Å²) in [6.07, 6.45) is -7.42. The lowest BCUT2D eigenvalue weighted by molar-refractivity contribution is -0.242. The van der Waals surface area contributed by atoms with Gasteiger partial charge in [-0.05, 0) is 76.6 Å². The van der Waals surface area contributed by atoms with Crippen molar-refractivity contribution in [3.8, 4) is 5.75 Å². The molecule has 2 heterocycles. The number of aryl methyl sites for hydroxylation is 3. The van der Waals surface area contributed by atoms with E-state index in [0.717, 1.165) is 28.6 Å². The van der Waals surface area contributed by atoms with Gasteiger partial charge in [0.15, 0.2) is 5.76 Å². The third-order valence-corrected chi connectivity index (χ3v) is 10.1. The smallest absolute Gasteiger partial charge is 0.427 e. The van der Waals surface area contributed by atoms with Crippen molar-refractivity contribution >= 4 is 37.5 Å². The number of alkyl halides is 3. The number of carbonyl (C=O) groups excluding carboxylic acids is 1. The minimum Gasteiger partial charge on any atom is -0.485 e. The van der Waals surface area contributed by atoms with Crippen LogP contribution in [0, 0.1) is 26.6 Å². The number of nitrogens with zero attached hydrogens (tertiary/aromatic N) is 2. The first-order valence-electron chi connectivity index (χ1n) is 12.8. The van der Waals surface area contributed by atoms with E-state index in [1.807, 2.05) is 0 Å². The fourth-order valence-electron chi connectivity index (χ4n) is 4.19. The number of rotatable bonds is 8. The summed E-state index contributed by atoms with van der Waals surface area (Å²) >= 11 is 0. The van der Waals surface area contributed by atoms with Gasteiger partial charge in [0, 0.05) is 15.1 Å². The lowest BCUT2D eigenvalue weighted by Crippen LogP contribution is -2.48. The molecule has 0 bridgehead atoms. The average molecular weight is 669 g/mol. The van der Waals surface area contributed by atoms with E-state index in [2.05, 4.69) is 19.9 Å². The second kappa shape index (κ2) is 11.6. The first kappa shape index (κ1) is 33.0. The van der Waals surface area contributed by atoms with Gasteiger partial charge in [0.05, 0.1) is 17.1 Å². The number of ether oxygens (including phenoxy) is 2. The van der Waals surface area contributed by atoms with E-state index in [0.29, 0.717) is 13.8 Å². The van der Waals surface area contributed by atoms with Gasteiger partial charge in [0.1, 0.15) is 28.3 Å². The van der Waals surface area contributed by atoms with Crippen LogP contribution in [0.25, 0.3) is 0 Å². The third kappa shape index (κ3) is 6.61. The Labute approximate surface area is 253 Å². The summed E-state index contributed by atoms with van der Waals surface area (Å²) in [6, 6.07) is 6.72. The zero-order valence-corrected chi connectivity index (χ0v) is 25.6. The molecule has 0 fully saturated rings. The molecule has 3 aromatic rings. The van der Waals surface area contributed by atoms with Crippen molar-refractivity contribution in [2.75, 3.05) is 22.7 Å². The van der Waals surface area contributed by atoms with E-state index in [4.69, 9.17) is 9.26 Å².